The molecule has 0 aliphatic heterocycles. The Labute approximate surface area is 194 Å². The summed E-state index contributed by atoms with van der Waals surface area (Å²) in [4.78, 5) is 12.6. The van der Waals surface area contributed by atoms with Gasteiger partial charge in [0.1, 0.15) is 18.0 Å². The van der Waals surface area contributed by atoms with E-state index < -0.39 is 22.5 Å². The fraction of sp³-hybridized carbons (Fsp3) is 0.409. The summed E-state index contributed by atoms with van der Waals surface area (Å²) < 4.78 is 54.5. The molecule has 182 valence electrons. The highest BCUT2D eigenvalue weighted by Crippen LogP contribution is 2.37. The molecule has 0 aliphatic rings. The minimum Gasteiger partial charge on any atom is -0.497 e. The molecular weight excluding hydrogens is 452 g/mol. The minimum atomic E-state index is -4.22. The maximum atomic E-state index is 13.7. The van der Waals surface area contributed by atoms with Crippen LogP contribution in [0, 0.1) is 0 Å². The Balaban J connectivity index is 2.53. The van der Waals surface area contributed by atoms with E-state index in [0.717, 1.165) is 4.31 Å². The van der Waals surface area contributed by atoms with Gasteiger partial charge in [-0.05, 0) is 30.7 Å². The predicted octanol–water partition coefficient (Wildman–Crippen LogP) is 2.07. The van der Waals surface area contributed by atoms with Crippen molar-refractivity contribution in [3.63, 3.8) is 0 Å². The Morgan fingerprint density at radius 2 is 1.55 bits per heavy atom. The van der Waals surface area contributed by atoms with Gasteiger partial charge in [-0.1, -0.05) is 0 Å². The molecule has 2 rings (SSSR count). The Hall–Kier alpha value is -3.18. The lowest BCUT2D eigenvalue weighted by atomic mass is 10.2. The van der Waals surface area contributed by atoms with E-state index in [9.17, 15) is 13.2 Å². The van der Waals surface area contributed by atoms with Crippen molar-refractivity contribution in [2.24, 2.45) is 0 Å². The van der Waals surface area contributed by atoms with E-state index >= 15 is 0 Å². The van der Waals surface area contributed by atoms with Crippen molar-refractivity contribution in [3.8, 4) is 23.0 Å². The number of nitrogens with zero attached hydrogens (tertiary/aromatic N) is 1. The van der Waals surface area contributed by atoms with Crippen LogP contribution in [-0.2, 0) is 19.6 Å². The van der Waals surface area contributed by atoms with Gasteiger partial charge in [-0.15, -0.1) is 0 Å². The third-order valence-electron chi connectivity index (χ3n) is 4.73. The quantitative estimate of drug-likeness (QED) is 0.432. The average Bonchev–Trinajstić information content (AvgIpc) is 2.84. The largest absolute Gasteiger partial charge is 0.497 e. The number of sulfonamides is 1. The van der Waals surface area contributed by atoms with E-state index in [4.69, 9.17) is 23.7 Å². The van der Waals surface area contributed by atoms with Crippen LogP contribution in [0.15, 0.2) is 41.3 Å². The van der Waals surface area contributed by atoms with E-state index in [1.165, 1.54) is 52.7 Å². The fourth-order valence-corrected chi connectivity index (χ4v) is 4.47. The molecule has 0 aromatic heterocycles. The van der Waals surface area contributed by atoms with Gasteiger partial charge in [-0.2, -0.15) is 0 Å². The molecule has 0 radical (unpaired) electrons. The molecule has 2 aromatic rings. The van der Waals surface area contributed by atoms with Crippen molar-refractivity contribution < 1.29 is 36.9 Å². The zero-order valence-electron chi connectivity index (χ0n) is 19.4. The fourth-order valence-electron chi connectivity index (χ4n) is 3.03. The van der Waals surface area contributed by atoms with Crippen LogP contribution >= 0.6 is 0 Å². The number of carbonyl (C=O) groups excluding carboxylic acids is 1. The van der Waals surface area contributed by atoms with Gasteiger partial charge in [-0.3, -0.25) is 9.10 Å². The highest BCUT2D eigenvalue weighted by molar-refractivity contribution is 7.92. The van der Waals surface area contributed by atoms with E-state index in [1.807, 2.05) is 0 Å². The highest BCUT2D eigenvalue weighted by atomic mass is 32.2. The number of nitrogens with one attached hydrogen (secondary N) is 1. The summed E-state index contributed by atoms with van der Waals surface area (Å²) in [7, 11) is 3.07. The Morgan fingerprint density at radius 1 is 0.879 bits per heavy atom. The lowest BCUT2D eigenvalue weighted by Gasteiger charge is -2.26. The molecule has 11 heteroatoms. The van der Waals surface area contributed by atoms with Crippen molar-refractivity contribution >= 4 is 21.6 Å². The van der Waals surface area contributed by atoms with E-state index in [2.05, 4.69) is 5.32 Å². The topological polar surface area (TPSA) is 113 Å². The lowest BCUT2D eigenvalue weighted by molar-refractivity contribution is -0.119. The molecule has 0 aliphatic carbocycles. The van der Waals surface area contributed by atoms with Gasteiger partial charge in [0, 0.05) is 32.4 Å². The first-order valence-electron chi connectivity index (χ1n) is 10.0. The van der Waals surface area contributed by atoms with Crippen molar-refractivity contribution in [1.29, 1.82) is 0 Å². The summed E-state index contributed by atoms with van der Waals surface area (Å²) in [6.45, 7) is 0.330. The average molecular weight is 483 g/mol. The normalized spacial score (nSPS) is 10.9. The molecular formula is C22H30N2O8S. The summed E-state index contributed by atoms with van der Waals surface area (Å²) in [5.74, 6) is 0.781. The number of methoxy groups -OCH3 is 5. The Kier molecular flexibility index (Phi) is 9.61. The second-order valence-electron chi connectivity index (χ2n) is 6.76. The molecule has 1 amide bonds. The summed E-state index contributed by atoms with van der Waals surface area (Å²) in [5.41, 5.74) is 0.152. The van der Waals surface area contributed by atoms with Crippen LogP contribution in [0.2, 0.25) is 0 Å². The third kappa shape index (κ3) is 6.42. The van der Waals surface area contributed by atoms with Crippen LogP contribution in [0.3, 0.4) is 0 Å². The number of benzene rings is 2. The van der Waals surface area contributed by atoms with Crippen molar-refractivity contribution in [2.75, 3.05) is 59.6 Å². The minimum absolute atomic E-state index is 0.0859. The first kappa shape index (κ1) is 26.1. The van der Waals surface area contributed by atoms with Crippen molar-refractivity contribution in [3.05, 3.63) is 36.4 Å². The third-order valence-corrected chi connectivity index (χ3v) is 6.49. The predicted molar refractivity (Wildman–Crippen MR) is 123 cm³/mol. The molecule has 0 saturated carbocycles. The first-order chi connectivity index (χ1) is 15.8. The van der Waals surface area contributed by atoms with E-state index in [1.54, 1.807) is 19.2 Å². The van der Waals surface area contributed by atoms with Crippen LogP contribution < -0.4 is 28.6 Å². The van der Waals surface area contributed by atoms with Crippen LogP contribution in [0.1, 0.15) is 6.42 Å². The molecule has 2 aromatic carbocycles. The van der Waals surface area contributed by atoms with Gasteiger partial charge < -0.3 is 29.0 Å². The molecule has 0 saturated heterocycles. The number of anilines is 1. The Morgan fingerprint density at radius 3 is 2.15 bits per heavy atom. The zero-order valence-corrected chi connectivity index (χ0v) is 20.2. The maximum absolute atomic E-state index is 13.7. The number of hydrogen-bond acceptors (Lipinski definition) is 8. The maximum Gasteiger partial charge on any atom is 0.265 e. The summed E-state index contributed by atoms with van der Waals surface area (Å²) >= 11 is 0. The lowest BCUT2D eigenvalue weighted by Crippen LogP contribution is -2.41. The number of carbonyl (C=O) groups is 1. The van der Waals surface area contributed by atoms with Crippen LogP contribution in [-0.4, -0.2) is 69.6 Å². The summed E-state index contributed by atoms with van der Waals surface area (Å²) in [6, 6.07) is 8.90. The summed E-state index contributed by atoms with van der Waals surface area (Å²) in [5, 5.41) is 2.71. The van der Waals surface area contributed by atoms with Crippen LogP contribution in [0.4, 0.5) is 5.69 Å². The molecule has 1 N–H and O–H groups in total. The molecule has 10 nitrogen and oxygen atoms in total. The zero-order chi connectivity index (χ0) is 24.4. The molecule has 0 spiro atoms. The SMILES string of the molecule is COCCCNC(=O)CN(c1cc(OC)ccc1OC)S(=O)(=O)c1ccc(OC)c(OC)c1. The van der Waals surface area contributed by atoms with Gasteiger partial charge in [0.25, 0.3) is 10.0 Å². The van der Waals surface area contributed by atoms with Crippen molar-refractivity contribution in [2.45, 2.75) is 11.3 Å². The van der Waals surface area contributed by atoms with Gasteiger partial charge in [-0.25, -0.2) is 8.42 Å². The van der Waals surface area contributed by atoms with Gasteiger partial charge in [0.2, 0.25) is 5.91 Å². The van der Waals surface area contributed by atoms with E-state index in [-0.39, 0.29) is 22.1 Å². The van der Waals surface area contributed by atoms with Crippen LogP contribution in [0.25, 0.3) is 0 Å². The second kappa shape index (κ2) is 12.2. The summed E-state index contributed by atoms with van der Waals surface area (Å²) in [6.07, 6.45) is 0.590. The molecule has 33 heavy (non-hydrogen) atoms. The number of amides is 1. The number of hydrogen-bond donors (Lipinski definition) is 1. The van der Waals surface area contributed by atoms with Gasteiger partial charge in [0.05, 0.1) is 39.0 Å². The number of ether oxygens (including phenoxy) is 5. The van der Waals surface area contributed by atoms with Gasteiger partial charge in [0.15, 0.2) is 11.5 Å². The number of rotatable bonds is 13. The smallest absolute Gasteiger partial charge is 0.265 e. The Bertz CT molecular complexity index is 1040. The molecule has 0 atom stereocenters. The van der Waals surface area contributed by atoms with Crippen LogP contribution in [0.5, 0.6) is 23.0 Å². The monoisotopic (exact) mass is 482 g/mol. The molecule has 0 fully saturated rings. The molecule has 0 unspecified atom stereocenters. The second-order valence-corrected chi connectivity index (χ2v) is 8.62. The van der Waals surface area contributed by atoms with Gasteiger partial charge >= 0.3 is 0 Å². The van der Waals surface area contributed by atoms with E-state index in [0.29, 0.717) is 31.1 Å². The molecule has 0 bridgehead atoms. The first-order valence-corrected chi connectivity index (χ1v) is 11.5. The van der Waals surface area contributed by atoms with Crippen molar-refractivity contribution in [1.82, 2.24) is 5.32 Å². The standard InChI is InChI=1S/C22H30N2O8S/c1-28-12-6-11-23-22(25)15-24(18-13-16(29-2)7-9-19(18)30-3)33(26,27)17-8-10-20(31-4)21(14-17)32-5/h7-10,13-14H,6,11-12,15H2,1-5H3,(H,23,25). The highest BCUT2D eigenvalue weighted by Gasteiger charge is 2.30. The molecule has 0 heterocycles.